The number of rotatable bonds is 6. The molecule has 0 aliphatic carbocycles. The predicted octanol–water partition coefficient (Wildman–Crippen LogP) is 3.57. The zero-order chi connectivity index (χ0) is 17.7. The highest BCUT2D eigenvalue weighted by Crippen LogP contribution is 2.26. The molecule has 0 unspecified atom stereocenters. The van der Waals surface area contributed by atoms with Crippen molar-refractivity contribution < 1.29 is 10.0 Å². The van der Waals surface area contributed by atoms with Crippen LogP contribution < -0.4 is 10.0 Å². The average molecular weight is 326 g/mol. The highest BCUT2D eigenvalue weighted by molar-refractivity contribution is 5.86. The number of aryl methyl sites for hydroxylation is 1. The summed E-state index contributed by atoms with van der Waals surface area (Å²) in [5, 5.41) is 22.6. The summed E-state index contributed by atoms with van der Waals surface area (Å²) in [6, 6.07) is 9.55. The predicted molar refractivity (Wildman–Crippen MR) is 94.5 cm³/mol. The molecule has 6 heteroatoms. The number of nitro benzene ring substituents is 1. The molecule has 0 fully saturated rings. The number of benzene rings is 2. The van der Waals surface area contributed by atoms with Gasteiger partial charge in [-0.2, -0.15) is 0 Å². The van der Waals surface area contributed by atoms with E-state index in [9.17, 15) is 15.2 Å². The summed E-state index contributed by atoms with van der Waals surface area (Å²) in [5.74, 6) is -0.290. The van der Waals surface area contributed by atoms with Crippen molar-refractivity contribution in [2.75, 3.05) is 18.0 Å². The molecule has 0 N–H and O–H groups in total. The fourth-order valence-electron chi connectivity index (χ4n) is 2.46. The normalized spacial score (nSPS) is 11.0. The van der Waals surface area contributed by atoms with Crippen LogP contribution in [0.4, 0.5) is 17.1 Å². The summed E-state index contributed by atoms with van der Waals surface area (Å²) in [7, 11) is 0. The molecule has 2 aromatic rings. The molecule has 0 aromatic heterocycles. The van der Waals surface area contributed by atoms with Crippen molar-refractivity contribution in [1.82, 2.24) is 0 Å². The first kappa shape index (κ1) is 17.5. The highest BCUT2D eigenvalue weighted by atomic mass is 16.6. The Balaban J connectivity index is 2.29. The lowest BCUT2D eigenvalue weighted by molar-refractivity contribution is -0.385. The topological polar surface area (TPSA) is 81.8 Å². The molecule has 24 heavy (non-hydrogen) atoms. The van der Waals surface area contributed by atoms with E-state index < -0.39 is 4.92 Å². The summed E-state index contributed by atoms with van der Waals surface area (Å²) in [5.41, 5.74) is 2.92. The minimum Gasteiger partial charge on any atom is -0.872 e. The molecule has 0 radical (unpaired) electrons. The zero-order valence-corrected chi connectivity index (χ0v) is 14.0. The minimum absolute atomic E-state index is 0.121. The van der Waals surface area contributed by atoms with Crippen molar-refractivity contribution in [1.29, 1.82) is 0 Å². The number of anilines is 1. The van der Waals surface area contributed by atoms with Crippen LogP contribution in [0.15, 0.2) is 41.4 Å². The van der Waals surface area contributed by atoms with Crippen molar-refractivity contribution in [3.63, 3.8) is 0 Å². The molecule has 0 heterocycles. The molecule has 2 aromatic carbocycles. The molecule has 0 amide bonds. The molecule has 0 spiro atoms. The molecule has 6 nitrogen and oxygen atoms in total. The number of non-ortho nitro benzene ring substituents is 1. The number of hydrogen-bond donors (Lipinski definition) is 0. The summed E-state index contributed by atoms with van der Waals surface area (Å²) in [6.45, 7) is 7.99. The fraction of sp³-hybridized carbons (Fsp3) is 0.278. The van der Waals surface area contributed by atoms with E-state index in [1.54, 1.807) is 0 Å². The van der Waals surface area contributed by atoms with Crippen molar-refractivity contribution in [3.8, 4) is 5.75 Å². The molecule has 2 rings (SSSR count). The summed E-state index contributed by atoms with van der Waals surface area (Å²) < 4.78 is 0. The molecule has 0 bridgehead atoms. The van der Waals surface area contributed by atoms with E-state index in [2.05, 4.69) is 23.7 Å². The summed E-state index contributed by atoms with van der Waals surface area (Å²) in [4.78, 5) is 16.8. The molecule has 0 aliphatic rings. The first-order chi connectivity index (χ1) is 11.5. The number of nitrogens with zero attached hydrogens (tertiary/aromatic N) is 3. The van der Waals surface area contributed by atoms with Crippen LogP contribution >= 0.6 is 0 Å². The Hall–Kier alpha value is -2.89. The fourth-order valence-corrected chi connectivity index (χ4v) is 2.46. The SMILES string of the molecule is CCN(CC)c1ccc(N=Cc2cc([N+](=O)[O-])ccc2[O-])c(C)c1. The van der Waals surface area contributed by atoms with Gasteiger partial charge in [-0.15, -0.1) is 0 Å². The minimum atomic E-state index is -0.527. The van der Waals surface area contributed by atoms with Gasteiger partial charge in [0.25, 0.3) is 5.69 Å². The third-order valence-electron chi connectivity index (χ3n) is 3.86. The quantitative estimate of drug-likeness (QED) is 0.461. The second-order valence-corrected chi connectivity index (χ2v) is 5.38. The van der Waals surface area contributed by atoms with E-state index in [0.29, 0.717) is 0 Å². The number of nitro groups is 1. The van der Waals surface area contributed by atoms with E-state index in [0.717, 1.165) is 30.0 Å². The standard InChI is InChI=1S/C18H21N3O3/c1-4-20(5-2)15-6-8-17(13(3)10-15)19-12-14-11-16(21(23)24)7-9-18(14)22/h6-12,22H,4-5H2,1-3H3/p-1. The Labute approximate surface area is 141 Å². The van der Waals surface area contributed by atoms with Gasteiger partial charge in [-0.05, 0) is 50.1 Å². The summed E-state index contributed by atoms with van der Waals surface area (Å²) in [6.07, 6.45) is 1.38. The van der Waals surface area contributed by atoms with Gasteiger partial charge in [0.05, 0.1) is 10.6 Å². The third kappa shape index (κ3) is 3.90. The van der Waals surface area contributed by atoms with Crippen LogP contribution in [-0.2, 0) is 0 Å². The number of aliphatic imine (C=N–C) groups is 1. The van der Waals surface area contributed by atoms with E-state index in [-0.39, 0.29) is 17.0 Å². The first-order valence-corrected chi connectivity index (χ1v) is 7.81. The van der Waals surface area contributed by atoms with Gasteiger partial charge in [-0.25, -0.2) is 0 Å². The van der Waals surface area contributed by atoms with Crippen LogP contribution in [0.25, 0.3) is 0 Å². The maximum absolute atomic E-state index is 11.8. The van der Waals surface area contributed by atoms with Gasteiger partial charge in [-0.3, -0.25) is 15.1 Å². The number of hydrogen-bond acceptors (Lipinski definition) is 5. The third-order valence-corrected chi connectivity index (χ3v) is 3.86. The van der Waals surface area contributed by atoms with Crippen LogP contribution in [0.1, 0.15) is 25.0 Å². The maximum Gasteiger partial charge on any atom is 0.270 e. The largest absolute Gasteiger partial charge is 0.872 e. The first-order valence-electron chi connectivity index (χ1n) is 7.81. The van der Waals surface area contributed by atoms with Gasteiger partial charge in [0.2, 0.25) is 0 Å². The van der Waals surface area contributed by atoms with Crippen molar-refractivity contribution in [2.45, 2.75) is 20.8 Å². The van der Waals surface area contributed by atoms with Gasteiger partial charge >= 0.3 is 0 Å². The van der Waals surface area contributed by atoms with Gasteiger partial charge in [0, 0.05) is 37.1 Å². The molecule has 0 saturated heterocycles. The Morgan fingerprint density at radius 2 is 1.88 bits per heavy atom. The molecule has 0 saturated carbocycles. The van der Waals surface area contributed by atoms with Crippen molar-refractivity contribution >= 4 is 23.3 Å². The molecule has 0 aliphatic heterocycles. The van der Waals surface area contributed by atoms with Crippen LogP contribution in [0, 0.1) is 17.0 Å². The lowest BCUT2D eigenvalue weighted by atomic mass is 10.1. The highest BCUT2D eigenvalue weighted by Gasteiger charge is 2.06. The Morgan fingerprint density at radius 1 is 1.17 bits per heavy atom. The Bertz CT molecular complexity index is 768. The molecule has 0 atom stereocenters. The summed E-state index contributed by atoms with van der Waals surface area (Å²) >= 11 is 0. The van der Waals surface area contributed by atoms with E-state index in [1.807, 2.05) is 25.1 Å². The van der Waals surface area contributed by atoms with Crippen molar-refractivity contribution in [2.24, 2.45) is 4.99 Å². The van der Waals surface area contributed by atoms with Crippen LogP contribution in [-0.4, -0.2) is 24.2 Å². The van der Waals surface area contributed by atoms with E-state index >= 15 is 0 Å². The monoisotopic (exact) mass is 326 g/mol. The van der Waals surface area contributed by atoms with Gasteiger partial charge < -0.3 is 10.0 Å². The molecular weight excluding hydrogens is 306 g/mol. The average Bonchev–Trinajstić information content (AvgIpc) is 2.56. The maximum atomic E-state index is 11.8. The Kier molecular flexibility index (Phi) is 5.52. The smallest absolute Gasteiger partial charge is 0.270 e. The molecule has 126 valence electrons. The van der Waals surface area contributed by atoms with E-state index in [4.69, 9.17) is 0 Å². The van der Waals surface area contributed by atoms with Crippen LogP contribution in [0.5, 0.6) is 5.75 Å². The van der Waals surface area contributed by atoms with Crippen LogP contribution in [0.3, 0.4) is 0 Å². The lowest BCUT2D eigenvalue weighted by Gasteiger charge is -2.21. The van der Waals surface area contributed by atoms with Crippen molar-refractivity contribution in [3.05, 3.63) is 57.6 Å². The Morgan fingerprint density at radius 3 is 2.46 bits per heavy atom. The zero-order valence-electron chi connectivity index (χ0n) is 14.0. The second-order valence-electron chi connectivity index (χ2n) is 5.38. The lowest BCUT2D eigenvalue weighted by Crippen LogP contribution is -2.21. The van der Waals surface area contributed by atoms with Gasteiger partial charge in [0.15, 0.2) is 0 Å². The van der Waals surface area contributed by atoms with Gasteiger partial charge in [0.1, 0.15) is 0 Å². The van der Waals surface area contributed by atoms with E-state index in [1.165, 1.54) is 24.4 Å². The second kappa shape index (κ2) is 7.59. The van der Waals surface area contributed by atoms with Crippen LogP contribution in [0.2, 0.25) is 0 Å². The molecular formula is C18H20N3O3-. The van der Waals surface area contributed by atoms with Gasteiger partial charge in [-0.1, -0.05) is 11.8 Å².